The fraction of sp³-hybridized carbons (Fsp3) is 0.625. The van der Waals surface area contributed by atoms with Crippen molar-refractivity contribution in [2.24, 2.45) is 5.73 Å². The minimum atomic E-state index is -0.210. The van der Waals surface area contributed by atoms with E-state index in [1.807, 2.05) is 0 Å². The summed E-state index contributed by atoms with van der Waals surface area (Å²) < 4.78 is 5.56. The lowest BCUT2D eigenvalue weighted by Gasteiger charge is -2.32. The molecule has 1 atom stereocenters. The molecule has 0 aliphatic carbocycles. The van der Waals surface area contributed by atoms with Crippen LogP contribution in [0.1, 0.15) is 43.0 Å². The maximum atomic E-state index is 6.20. The molecule has 0 saturated heterocycles. The van der Waals surface area contributed by atoms with Crippen molar-refractivity contribution >= 4 is 0 Å². The molecule has 1 aromatic rings. The number of hydrogen-bond acceptors (Lipinski definition) is 3. The topological polar surface area (TPSA) is 38.5 Å². The molecule has 1 aromatic carbocycles. The molecule has 108 valence electrons. The van der Waals surface area contributed by atoms with Gasteiger partial charge < -0.3 is 15.4 Å². The van der Waals surface area contributed by atoms with Crippen LogP contribution in [0.4, 0.5) is 0 Å². The van der Waals surface area contributed by atoms with Crippen LogP contribution < -0.4 is 10.5 Å². The standard InChI is InChI=1S/C16H28N2O/c1-11-8-13(15(19-7)9-12(11)2)14(18(5)6)10-16(3,4)17/h8-9,14H,10,17H2,1-7H3. The van der Waals surface area contributed by atoms with Gasteiger partial charge in [0.25, 0.3) is 0 Å². The Morgan fingerprint density at radius 3 is 2.16 bits per heavy atom. The number of aryl methyl sites for hydroxylation is 2. The molecule has 3 heteroatoms. The summed E-state index contributed by atoms with van der Waals surface area (Å²) >= 11 is 0. The van der Waals surface area contributed by atoms with Crippen LogP contribution in [0.3, 0.4) is 0 Å². The number of nitrogens with two attached hydrogens (primary N) is 1. The van der Waals surface area contributed by atoms with Crippen molar-refractivity contribution in [2.45, 2.75) is 45.7 Å². The number of ether oxygens (including phenoxy) is 1. The number of rotatable bonds is 5. The third-order valence-electron chi connectivity index (χ3n) is 3.55. The van der Waals surface area contributed by atoms with Gasteiger partial charge in [0.15, 0.2) is 0 Å². The first-order valence-electron chi connectivity index (χ1n) is 6.76. The molecule has 2 N–H and O–H groups in total. The Hall–Kier alpha value is -1.06. The zero-order valence-corrected chi connectivity index (χ0v) is 13.4. The van der Waals surface area contributed by atoms with Gasteiger partial charge in [-0.2, -0.15) is 0 Å². The Kier molecular flexibility index (Phi) is 4.99. The summed E-state index contributed by atoms with van der Waals surface area (Å²) in [5.74, 6) is 0.950. The van der Waals surface area contributed by atoms with Gasteiger partial charge in [-0.1, -0.05) is 6.07 Å². The number of methoxy groups -OCH3 is 1. The van der Waals surface area contributed by atoms with Crippen molar-refractivity contribution in [1.82, 2.24) is 4.90 Å². The van der Waals surface area contributed by atoms with E-state index in [2.05, 4.69) is 58.8 Å². The van der Waals surface area contributed by atoms with Crippen molar-refractivity contribution < 1.29 is 4.74 Å². The second-order valence-electron chi connectivity index (χ2n) is 6.35. The van der Waals surface area contributed by atoms with Gasteiger partial charge in [0.2, 0.25) is 0 Å². The minimum Gasteiger partial charge on any atom is -0.496 e. The lowest BCUT2D eigenvalue weighted by molar-refractivity contribution is 0.237. The van der Waals surface area contributed by atoms with Crippen LogP contribution >= 0.6 is 0 Å². The summed E-state index contributed by atoms with van der Waals surface area (Å²) in [4.78, 5) is 2.21. The van der Waals surface area contributed by atoms with Gasteiger partial charge in [-0.05, 0) is 65.4 Å². The fourth-order valence-corrected chi connectivity index (χ4v) is 2.32. The molecule has 1 rings (SSSR count). The first kappa shape index (κ1) is 16.0. The Balaban J connectivity index is 3.26. The Morgan fingerprint density at radius 1 is 1.21 bits per heavy atom. The predicted octanol–water partition coefficient (Wildman–Crippen LogP) is 3.04. The van der Waals surface area contributed by atoms with Crippen molar-refractivity contribution in [3.05, 3.63) is 28.8 Å². The molecule has 1 unspecified atom stereocenters. The van der Waals surface area contributed by atoms with E-state index >= 15 is 0 Å². The summed E-state index contributed by atoms with van der Waals surface area (Å²) in [5.41, 5.74) is 9.75. The predicted molar refractivity (Wildman–Crippen MR) is 81.8 cm³/mol. The van der Waals surface area contributed by atoms with Gasteiger partial charge in [0, 0.05) is 17.1 Å². The average molecular weight is 264 g/mol. The zero-order valence-electron chi connectivity index (χ0n) is 13.4. The fourth-order valence-electron chi connectivity index (χ4n) is 2.32. The van der Waals surface area contributed by atoms with E-state index in [1.165, 1.54) is 16.7 Å². The quantitative estimate of drug-likeness (QED) is 0.888. The van der Waals surface area contributed by atoms with Crippen LogP contribution in [-0.4, -0.2) is 31.6 Å². The molecule has 0 amide bonds. The lowest BCUT2D eigenvalue weighted by atomic mass is 9.89. The number of nitrogens with zero attached hydrogens (tertiary/aromatic N) is 1. The molecule has 0 bridgehead atoms. The van der Waals surface area contributed by atoms with Crippen LogP contribution in [0.15, 0.2) is 12.1 Å². The van der Waals surface area contributed by atoms with E-state index in [-0.39, 0.29) is 11.6 Å². The Morgan fingerprint density at radius 2 is 1.74 bits per heavy atom. The molecule has 0 aliphatic rings. The van der Waals surface area contributed by atoms with E-state index in [0.717, 1.165) is 12.2 Å². The normalized spacial score (nSPS) is 13.7. The third-order valence-corrected chi connectivity index (χ3v) is 3.55. The molecule has 19 heavy (non-hydrogen) atoms. The second kappa shape index (κ2) is 5.93. The monoisotopic (exact) mass is 264 g/mol. The highest BCUT2D eigenvalue weighted by molar-refractivity contribution is 5.43. The van der Waals surface area contributed by atoms with Gasteiger partial charge in [-0.3, -0.25) is 0 Å². The van der Waals surface area contributed by atoms with E-state index < -0.39 is 0 Å². The summed E-state index contributed by atoms with van der Waals surface area (Å²) in [6.07, 6.45) is 0.888. The summed E-state index contributed by atoms with van der Waals surface area (Å²) in [7, 11) is 5.91. The van der Waals surface area contributed by atoms with Gasteiger partial charge in [0.05, 0.1) is 7.11 Å². The first-order valence-corrected chi connectivity index (χ1v) is 6.76. The molecule has 0 radical (unpaired) electrons. The van der Waals surface area contributed by atoms with Crippen LogP contribution in [0.5, 0.6) is 5.75 Å². The average Bonchev–Trinajstić information content (AvgIpc) is 2.27. The van der Waals surface area contributed by atoms with E-state index in [0.29, 0.717) is 0 Å². The molecule has 0 heterocycles. The highest BCUT2D eigenvalue weighted by atomic mass is 16.5. The van der Waals surface area contributed by atoms with Crippen LogP contribution in [0, 0.1) is 13.8 Å². The van der Waals surface area contributed by atoms with Gasteiger partial charge >= 0.3 is 0 Å². The van der Waals surface area contributed by atoms with Gasteiger partial charge in [-0.15, -0.1) is 0 Å². The van der Waals surface area contributed by atoms with Gasteiger partial charge in [-0.25, -0.2) is 0 Å². The van der Waals surface area contributed by atoms with Crippen LogP contribution in [-0.2, 0) is 0 Å². The summed E-state index contributed by atoms with van der Waals surface area (Å²) in [6, 6.07) is 4.60. The smallest absolute Gasteiger partial charge is 0.123 e. The van der Waals surface area contributed by atoms with Crippen LogP contribution in [0.25, 0.3) is 0 Å². The first-order chi connectivity index (χ1) is 8.65. The molecule has 0 aliphatic heterocycles. The SMILES string of the molecule is COc1cc(C)c(C)cc1C(CC(C)(C)N)N(C)C. The van der Waals surface area contributed by atoms with E-state index in [4.69, 9.17) is 10.5 Å². The maximum Gasteiger partial charge on any atom is 0.123 e. The Labute approximate surface area is 117 Å². The van der Waals surface area contributed by atoms with E-state index in [1.54, 1.807) is 7.11 Å². The summed E-state index contributed by atoms with van der Waals surface area (Å²) in [5, 5.41) is 0. The molecular weight excluding hydrogens is 236 g/mol. The van der Waals surface area contributed by atoms with E-state index in [9.17, 15) is 0 Å². The molecule has 0 saturated carbocycles. The minimum absolute atomic E-state index is 0.210. The molecule has 0 spiro atoms. The maximum absolute atomic E-state index is 6.20. The molecule has 3 nitrogen and oxygen atoms in total. The Bertz CT molecular complexity index is 433. The van der Waals surface area contributed by atoms with Crippen molar-refractivity contribution in [1.29, 1.82) is 0 Å². The van der Waals surface area contributed by atoms with Gasteiger partial charge in [0.1, 0.15) is 5.75 Å². The lowest BCUT2D eigenvalue weighted by Crippen LogP contribution is -2.37. The highest BCUT2D eigenvalue weighted by Gasteiger charge is 2.25. The highest BCUT2D eigenvalue weighted by Crippen LogP contribution is 2.35. The molecule has 0 aromatic heterocycles. The zero-order chi connectivity index (χ0) is 14.8. The molecular formula is C16H28N2O. The van der Waals surface area contributed by atoms with Crippen molar-refractivity contribution in [2.75, 3.05) is 21.2 Å². The van der Waals surface area contributed by atoms with Crippen LogP contribution in [0.2, 0.25) is 0 Å². The van der Waals surface area contributed by atoms with Crippen molar-refractivity contribution in [3.8, 4) is 5.75 Å². The largest absolute Gasteiger partial charge is 0.496 e. The third kappa shape index (κ3) is 4.22. The second-order valence-corrected chi connectivity index (χ2v) is 6.35. The number of benzene rings is 1. The molecule has 0 fully saturated rings. The number of hydrogen-bond donors (Lipinski definition) is 1. The van der Waals surface area contributed by atoms with Crippen molar-refractivity contribution in [3.63, 3.8) is 0 Å². The summed E-state index contributed by atoms with van der Waals surface area (Å²) in [6.45, 7) is 8.38.